The zero-order chi connectivity index (χ0) is 14.9. The molecule has 1 aromatic rings. The molecule has 0 aliphatic heterocycles. The highest BCUT2D eigenvalue weighted by molar-refractivity contribution is 5.42. The van der Waals surface area contributed by atoms with Gasteiger partial charge in [0, 0.05) is 12.6 Å². The van der Waals surface area contributed by atoms with Crippen molar-refractivity contribution in [1.82, 2.24) is 5.32 Å². The second-order valence-corrected chi connectivity index (χ2v) is 5.67. The van der Waals surface area contributed by atoms with Crippen molar-refractivity contribution in [2.75, 3.05) is 13.2 Å². The molecular formula is C17H24N2O2. The highest BCUT2D eigenvalue weighted by atomic mass is 16.5. The fraction of sp³-hybridized carbons (Fsp3) is 0.588. The molecule has 1 aliphatic rings. The number of ether oxygens (including phenoxy) is 1. The Morgan fingerprint density at radius 3 is 2.67 bits per heavy atom. The van der Waals surface area contributed by atoms with Crippen molar-refractivity contribution < 1.29 is 9.84 Å². The molecule has 0 saturated heterocycles. The number of hydrogen-bond acceptors (Lipinski definition) is 4. The van der Waals surface area contributed by atoms with Crippen molar-refractivity contribution in [2.45, 2.75) is 50.7 Å². The van der Waals surface area contributed by atoms with Crippen LogP contribution in [0.5, 0.6) is 5.75 Å². The number of aliphatic hydroxyl groups is 1. The highest BCUT2D eigenvalue weighted by Crippen LogP contribution is 2.18. The molecular weight excluding hydrogens is 264 g/mol. The van der Waals surface area contributed by atoms with Crippen LogP contribution in [0.3, 0.4) is 0 Å². The molecule has 1 fully saturated rings. The van der Waals surface area contributed by atoms with E-state index in [9.17, 15) is 5.11 Å². The van der Waals surface area contributed by atoms with Gasteiger partial charge in [0.15, 0.2) is 0 Å². The van der Waals surface area contributed by atoms with Gasteiger partial charge in [-0.3, -0.25) is 0 Å². The maximum Gasteiger partial charge on any atom is 0.137 e. The Morgan fingerprint density at radius 2 is 1.95 bits per heavy atom. The lowest BCUT2D eigenvalue weighted by Crippen LogP contribution is -2.37. The molecule has 114 valence electrons. The minimum Gasteiger partial charge on any atom is -0.489 e. The molecule has 0 heterocycles. The van der Waals surface area contributed by atoms with E-state index >= 15 is 0 Å². The van der Waals surface area contributed by atoms with E-state index in [1.807, 2.05) is 6.07 Å². The van der Waals surface area contributed by atoms with Gasteiger partial charge in [0.05, 0.1) is 5.56 Å². The fourth-order valence-corrected chi connectivity index (χ4v) is 2.72. The molecule has 0 aromatic heterocycles. The summed E-state index contributed by atoms with van der Waals surface area (Å²) in [6, 6.07) is 9.70. The number of nitriles is 1. The van der Waals surface area contributed by atoms with Crippen LogP contribution in [0.1, 0.15) is 44.1 Å². The number of hydrogen-bond donors (Lipinski definition) is 2. The van der Waals surface area contributed by atoms with Crippen LogP contribution in [0.15, 0.2) is 24.3 Å². The summed E-state index contributed by atoms with van der Waals surface area (Å²) in [6.45, 7) is 0.748. The molecule has 0 bridgehead atoms. The molecule has 1 unspecified atom stereocenters. The standard InChI is InChI=1S/C17H24N2O2/c18-11-14-7-5-6-10-17(14)21-13-16(20)12-19-15-8-3-1-2-4-9-15/h5-7,10,15-16,19-20H,1-4,8-9,12-13H2. The van der Waals surface area contributed by atoms with Crippen LogP contribution >= 0.6 is 0 Å². The van der Waals surface area contributed by atoms with E-state index in [4.69, 9.17) is 10.00 Å². The second kappa shape index (κ2) is 8.66. The molecule has 1 aliphatic carbocycles. The van der Waals surface area contributed by atoms with Crippen molar-refractivity contribution in [3.05, 3.63) is 29.8 Å². The monoisotopic (exact) mass is 288 g/mol. The SMILES string of the molecule is N#Cc1ccccc1OCC(O)CNC1CCCCCC1. The minimum atomic E-state index is -0.556. The van der Waals surface area contributed by atoms with Gasteiger partial charge in [-0.1, -0.05) is 37.8 Å². The van der Waals surface area contributed by atoms with Crippen LogP contribution in [0.2, 0.25) is 0 Å². The molecule has 1 saturated carbocycles. The first-order valence-electron chi connectivity index (χ1n) is 7.83. The molecule has 1 aromatic carbocycles. The van der Waals surface area contributed by atoms with Gasteiger partial charge in [0.1, 0.15) is 24.5 Å². The number of rotatable bonds is 6. The third-order valence-electron chi connectivity index (χ3n) is 3.94. The Kier molecular flexibility index (Phi) is 6.52. The summed E-state index contributed by atoms with van der Waals surface area (Å²) < 4.78 is 5.54. The smallest absolute Gasteiger partial charge is 0.137 e. The molecule has 0 radical (unpaired) electrons. The van der Waals surface area contributed by atoms with E-state index in [-0.39, 0.29) is 6.61 Å². The maximum absolute atomic E-state index is 10.0. The first kappa shape index (κ1) is 15.8. The van der Waals surface area contributed by atoms with Crippen molar-refractivity contribution in [3.8, 4) is 11.8 Å². The number of nitrogens with one attached hydrogen (secondary N) is 1. The molecule has 2 rings (SSSR count). The molecule has 21 heavy (non-hydrogen) atoms. The molecule has 2 N–H and O–H groups in total. The quantitative estimate of drug-likeness (QED) is 0.790. The zero-order valence-electron chi connectivity index (χ0n) is 12.4. The largest absolute Gasteiger partial charge is 0.489 e. The van der Waals surface area contributed by atoms with E-state index < -0.39 is 6.10 Å². The fourth-order valence-electron chi connectivity index (χ4n) is 2.72. The summed E-state index contributed by atoms with van der Waals surface area (Å²) in [5.74, 6) is 0.536. The summed E-state index contributed by atoms with van der Waals surface area (Å²) in [5, 5.41) is 22.4. The van der Waals surface area contributed by atoms with E-state index in [0.717, 1.165) is 0 Å². The molecule has 0 amide bonds. The third-order valence-corrected chi connectivity index (χ3v) is 3.94. The zero-order valence-corrected chi connectivity index (χ0v) is 12.4. The van der Waals surface area contributed by atoms with E-state index in [1.165, 1.54) is 38.5 Å². The van der Waals surface area contributed by atoms with Crippen molar-refractivity contribution in [1.29, 1.82) is 5.26 Å². The van der Waals surface area contributed by atoms with Crippen LogP contribution in [-0.2, 0) is 0 Å². The van der Waals surface area contributed by atoms with Gasteiger partial charge < -0.3 is 15.2 Å². The number of para-hydroxylation sites is 1. The van der Waals surface area contributed by atoms with Crippen molar-refractivity contribution in [3.63, 3.8) is 0 Å². The third kappa shape index (κ3) is 5.37. The Bertz CT molecular complexity index is 462. The van der Waals surface area contributed by atoms with Gasteiger partial charge in [0.2, 0.25) is 0 Å². The Balaban J connectivity index is 1.72. The first-order chi connectivity index (χ1) is 10.3. The van der Waals surface area contributed by atoms with Gasteiger partial charge in [-0.15, -0.1) is 0 Å². The Hall–Kier alpha value is -1.57. The lowest BCUT2D eigenvalue weighted by atomic mass is 10.1. The van der Waals surface area contributed by atoms with Gasteiger partial charge >= 0.3 is 0 Å². The van der Waals surface area contributed by atoms with Crippen LogP contribution in [0.4, 0.5) is 0 Å². The van der Waals surface area contributed by atoms with Crippen LogP contribution < -0.4 is 10.1 Å². The van der Waals surface area contributed by atoms with Crippen LogP contribution in [-0.4, -0.2) is 30.4 Å². The lowest BCUT2D eigenvalue weighted by molar-refractivity contribution is 0.103. The maximum atomic E-state index is 10.0. The summed E-state index contributed by atoms with van der Waals surface area (Å²) >= 11 is 0. The predicted octanol–water partition coefficient (Wildman–Crippen LogP) is 2.61. The van der Waals surface area contributed by atoms with Crippen molar-refractivity contribution in [2.24, 2.45) is 0 Å². The summed E-state index contributed by atoms with van der Waals surface area (Å²) in [5.41, 5.74) is 0.501. The van der Waals surface area contributed by atoms with Gasteiger partial charge in [-0.05, 0) is 25.0 Å². The van der Waals surface area contributed by atoms with Gasteiger partial charge in [0.25, 0.3) is 0 Å². The first-order valence-corrected chi connectivity index (χ1v) is 7.83. The summed E-state index contributed by atoms with van der Waals surface area (Å²) in [7, 11) is 0. The second-order valence-electron chi connectivity index (χ2n) is 5.67. The highest BCUT2D eigenvalue weighted by Gasteiger charge is 2.14. The average Bonchev–Trinajstić information content (AvgIpc) is 2.80. The van der Waals surface area contributed by atoms with Gasteiger partial charge in [-0.25, -0.2) is 0 Å². The van der Waals surface area contributed by atoms with Crippen molar-refractivity contribution >= 4 is 0 Å². The minimum absolute atomic E-state index is 0.207. The molecule has 4 nitrogen and oxygen atoms in total. The normalized spacial score (nSPS) is 17.7. The number of benzene rings is 1. The lowest BCUT2D eigenvalue weighted by Gasteiger charge is -2.19. The Labute approximate surface area is 126 Å². The number of nitrogens with zero attached hydrogens (tertiary/aromatic N) is 1. The van der Waals surface area contributed by atoms with E-state index in [0.29, 0.717) is 23.9 Å². The van der Waals surface area contributed by atoms with E-state index in [1.54, 1.807) is 18.2 Å². The topological polar surface area (TPSA) is 65.3 Å². The average molecular weight is 288 g/mol. The predicted molar refractivity (Wildman–Crippen MR) is 82.2 cm³/mol. The van der Waals surface area contributed by atoms with Crippen LogP contribution in [0.25, 0.3) is 0 Å². The van der Waals surface area contributed by atoms with E-state index in [2.05, 4.69) is 11.4 Å². The summed E-state index contributed by atoms with van der Waals surface area (Å²) in [6.07, 6.45) is 7.05. The van der Waals surface area contributed by atoms with Gasteiger partial charge in [-0.2, -0.15) is 5.26 Å². The molecule has 1 atom stereocenters. The molecule has 4 heteroatoms. The number of aliphatic hydroxyl groups excluding tert-OH is 1. The van der Waals surface area contributed by atoms with Crippen LogP contribution in [0, 0.1) is 11.3 Å². The molecule has 0 spiro atoms. The summed E-state index contributed by atoms with van der Waals surface area (Å²) in [4.78, 5) is 0. The Morgan fingerprint density at radius 1 is 1.24 bits per heavy atom.